The first-order chi connectivity index (χ1) is 9.15. The number of carboxylic acid groups (broad SMARTS) is 1. The van der Waals surface area contributed by atoms with Crippen LogP contribution in [0.3, 0.4) is 0 Å². The van der Waals surface area contributed by atoms with Gasteiger partial charge in [0.2, 0.25) is 11.8 Å². The first kappa shape index (κ1) is 13.5. The molecule has 2 rings (SSSR count). The Hall–Kier alpha value is -1.89. The molecule has 1 fully saturated rings. The normalized spacial score (nSPS) is 22.5. The Labute approximate surface area is 111 Å². The summed E-state index contributed by atoms with van der Waals surface area (Å²) in [6.07, 6.45) is 1.86. The lowest BCUT2D eigenvalue weighted by Gasteiger charge is -2.21. The molecular formula is C12H17N3O4. The van der Waals surface area contributed by atoms with Crippen LogP contribution in [0.4, 0.5) is 5.95 Å². The molecule has 0 aromatic carbocycles. The second kappa shape index (κ2) is 5.83. The van der Waals surface area contributed by atoms with Crippen LogP contribution >= 0.6 is 0 Å². The molecule has 1 aromatic rings. The molecule has 7 nitrogen and oxygen atoms in total. The van der Waals surface area contributed by atoms with Crippen molar-refractivity contribution in [1.82, 2.24) is 9.97 Å². The van der Waals surface area contributed by atoms with E-state index in [1.54, 1.807) is 24.3 Å². The summed E-state index contributed by atoms with van der Waals surface area (Å²) < 4.78 is 10.5. The zero-order valence-corrected chi connectivity index (χ0v) is 10.9. The number of aliphatic carboxylic acids is 1. The molecule has 0 radical (unpaired) electrons. The van der Waals surface area contributed by atoms with Gasteiger partial charge in [0, 0.05) is 32.3 Å². The van der Waals surface area contributed by atoms with Crippen molar-refractivity contribution < 1.29 is 19.4 Å². The van der Waals surface area contributed by atoms with Crippen molar-refractivity contribution in [2.24, 2.45) is 0 Å². The Morgan fingerprint density at radius 3 is 3.05 bits per heavy atom. The van der Waals surface area contributed by atoms with Crippen molar-refractivity contribution in [2.75, 3.05) is 25.2 Å². The number of methoxy groups -OCH3 is 1. The summed E-state index contributed by atoms with van der Waals surface area (Å²) in [7, 11) is 1.57. The fraction of sp³-hybridized carbons (Fsp3) is 0.583. The van der Waals surface area contributed by atoms with Gasteiger partial charge < -0.3 is 19.5 Å². The van der Waals surface area contributed by atoms with E-state index in [1.807, 2.05) is 6.92 Å². The third-order valence-corrected chi connectivity index (χ3v) is 3.05. The summed E-state index contributed by atoms with van der Waals surface area (Å²) in [6.45, 7) is 2.82. The molecule has 7 heteroatoms. The molecule has 0 spiro atoms. The molecule has 0 amide bonds. The van der Waals surface area contributed by atoms with Gasteiger partial charge in [-0.2, -0.15) is 4.98 Å². The number of carboxylic acids is 1. The van der Waals surface area contributed by atoms with Gasteiger partial charge in [-0.15, -0.1) is 0 Å². The molecule has 1 N–H and O–H groups in total. The number of carbonyl (C=O) groups is 1. The van der Waals surface area contributed by atoms with E-state index in [0.29, 0.717) is 31.4 Å². The van der Waals surface area contributed by atoms with Crippen LogP contribution in [-0.2, 0) is 9.53 Å². The standard InChI is InChI=1S/C12H17N3O4/c1-3-19-10-4-5-13-12(14-10)15-7-8(18-2)6-9(15)11(16)17/h4-5,8-9H,3,6-7H2,1-2H3,(H,16,17). The molecule has 0 aliphatic carbocycles. The monoisotopic (exact) mass is 267 g/mol. The molecule has 1 aromatic heterocycles. The lowest BCUT2D eigenvalue weighted by molar-refractivity contribution is -0.138. The van der Waals surface area contributed by atoms with Gasteiger partial charge >= 0.3 is 5.97 Å². The van der Waals surface area contributed by atoms with Gasteiger partial charge in [0.25, 0.3) is 0 Å². The summed E-state index contributed by atoms with van der Waals surface area (Å²) in [6, 6.07) is 0.981. The quantitative estimate of drug-likeness (QED) is 0.834. The summed E-state index contributed by atoms with van der Waals surface area (Å²) in [5.74, 6) is -0.0969. The third kappa shape index (κ3) is 2.93. The number of nitrogens with zero attached hydrogens (tertiary/aromatic N) is 3. The van der Waals surface area contributed by atoms with Crippen LogP contribution in [0.25, 0.3) is 0 Å². The van der Waals surface area contributed by atoms with Crippen molar-refractivity contribution in [3.05, 3.63) is 12.3 Å². The molecule has 1 saturated heterocycles. The minimum absolute atomic E-state index is 0.125. The van der Waals surface area contributed by atoms with E-state index in [4.69, 9.17) is 9.47 Å². The second-order valence-corrected chi connectivity index (χ2v) is 4.23. The maximum Gasteiger partial charge on any atom is 0.326 e. The highest BCUT2D eigenvalue weighted by atomic mass is 16.5. The van der Waals surface area contributed by atoms with Crippen molar-refractivity contribution in [1.29, 1.82) is 0 Å². The molecule has 2 atom stereocenters. The lowest BCUT2D eigenvalue weighted by Crippen LogP contribution is -2.37. The molecule has 2 unspecified atom stereocenters. The SMILES string of the molecule is CCOc1ccnc(N2CC(OC)CC2C(=O)O)n1. The van der Waals surface area contributed by atoms with Gasteiger partial charge in [0.05, 0.1) is 12.7 Å². The predicted molar refractivity (Wildman–Crippen MR) is 67.4 cm³/mol. The summed E-state index contributed by atoms with van der Waals surface area (Å²) in [5, 5.41) is 9.25. The van der Waals surface area contributed by atoms with Gasteiger partial charge in [-0.1, -0.05) is 0 Å². The lowest BCUT2D eigenvalue weighted by atomic mass is 10.2. The van der Waals surface area contributed by atoms with Crippen molar-refractivity contribution >= 4 is 11.9 Å². The van der Waals surface area contributed by atoms with Gasteiger partial charge in [-0.05, 0) is 6.92 Å². The van der Waals surface area contributed by atoms with E-state index in [-0.39, 0.29) is 6.10 Å². The molecule has 104 valence electrons. The molecule has 19 heavy (non-hydrogen) atoms. The highest BCUT2D eigenvalue weighted by Gasteiger charge is 2.38. The molecule has 0 bridgehead atoms. The number of ether oxygens (including phenoxy) is 2. The third-order valence-electron chi connectivity index (χ3n) is 3.05. The fourth-order valence-electron chi connectivity index (χ4n) is 2.12. The first-order valence-electron chi connectivity index (χ1n) is 6.13. The molecule has 0 saturated carbocycles. The van der Waals surface area contributed by atoms with E-state index in [0.717, 1.165) is 0 Å². The smallest absolute Gasteiger partial charge is 0.326 e. The molecular weight excluding hydrogens is 250 g/mol. The van der Waals surface area contributed by atoms with Crippen molar-refractivity contribution in [3.8, 4) is 5.88 Å². The second-order valence-electron chi connectivity index (χ2n) is 4.23. The Morgan fingerprint density at radius 1 is 1.63 bits per heavy atom. The maximum absolute atomic E-state index is 11.3. The van der Waals surface area contributed by atoms with Crippen molar-refractivity contribution in [3.63, 3.8) is 0 Å². The number of anilines is 1. The highest BCUT2D eigenvalue weighted by molar-refractivity contribution is 5.78. The molecule has 1 aliphatic rings. The zero-order chi connectivity index (χ0) is 13.8. The van der Waals surface area contributed by atoms with Gasteiger partial charge in [-0.25, -0.2) is 9.78 Å². The van der Waals surface area contributed by atoms with Crippen LogP contribution in [0.1, 0.15) is 13.3 Å². The van der Waals surface area contributed by atoms with E-state index < -0.39 is 12.0 Å². The van der Waals surface area contributed by atoms with Crippen LogP contribution in [0.2, 0.25) is 0 Å². The van der Waals surface area contributed by atoms with E-state index >= 15 is 0 Å². The van der Waals surface area contributed by atoms with Crippen LogP contribution in [-0.4, -0.2) is 53.5 Å². The minimum atomic E-state index is -0.898. The first-order valence-corrected chi connectivity index (χ1v) is 6.13. The molecule has 2 heterocycles. The summed E-state index contributed by atoms with van der Waals surface area (Å²) in [5.41, 5.74) is 0. The van der Waals surface area contributed by atoms with Gasteiger partial charge in [0.15, 0.2) is 0 Å². The largest absolute Gasteiger partial charge is 0.480 e. The van der Waals surface area contributed by atoms with E-state index in [2.05, 4.69) is 9.97 Å². The highest BCUT2D eigenvalue weighted by Crippen LogP contribution is 2.25. The van der Waals surface area contributed by atoms with Gasteiger partial charge in [0.1, 0.15) is 6.04 Å². The Balaban J connectivity index is 2.23. The van der Waals surface area contributed by atoms with Crippen LogP contribution < -0.4 is 9.64 Å². The number of hydrogen-bond donors (Lipinski definition) is 1. The summed E-state index contributed by atoms with van der Waals surface area (Å²) in [4.78, 5) is 21.3. The average Bonchev–Trinajstić information content (AvgIpc) is 2.84. The molecule has 1 aliphatic heterocycles. The van der Waals surface area contributed by atoms with Crippen LogP contribution in [0.15, 0.2) is 12.3 Å². The predicted octanol–water partition coefficient (Wildman–Crippen LogP) is 0.554. The number of aromatic nitrogens is 2. The number of rotatable bonds is 5. The number of hydrogen-bond acceptors (Lipinski definition) is 6. The zero-order valence-electron chi connectivity index (χ0n) is 10.9. The van der Waals surface area contributed by atoms with Crippen LogP contribution in [0.5, 0.6) is 5.88 Å². The van der Waals surface area contributed by atoms with Crippen molar-refractivity contribution in [2.45, 2.75) is 25.5 Å². The average molecular weight is 267 g/mol. The minimum Gasteiger partial charge on any atom is -0.480 e. The Kier molecular flexibility index (Phi) is 4.16. The summed E-state index contributed by atoms with van der Waals surface area (Å²) >= 11 is 0. The van der Waals surface area contributed by atoms with Gasteiger partial charge in [-0.3, -0.25) is 0 Å². The Morgan fingerprint density at radius 2 is 2.42 bits per heavy atom. The van der Waals surface area contributed by atoms with Crippen LogP contribution in [0, 0.1) is 0 Å². The maximum atomic E-state index is 11.3. The fourth-order valence-corrected chi connectivity index (χ4v) is 2.12. The van der Waals surface area contributed by atoms with E-state index in [9.17, 15) is 9.90 Å². The van der Waals surface area contributed by atoms with E-state index in [1.165, 1.54) is 0 Å². The topological polar surface area (TPSA) is 84.8 Å². The Bertz CT molecular complexity index is 454.